The summed E-state index contributed by atoms with van der Waals surface area (Å²) < 4.78 is 0. The molecule has 1 rings (SSSR count). The highest BCUT2D eigenvalue weighted by Gasteiger charge is 2.07. The van der Waals surface area contributed by atoms with Crippen molar-refractivity contribution in [2.75, 3.05) is 18.6 Å². The fourth-order valence-corrected chi connectivity index (χ4v) is 2.85. The molecule has 3 heteroatoms. The average molecular weight is 229 g/mol. The molecule has 14 heavy (non-hydrogen) atoms. The van der Waals surface area contributed by atoms with Crippen LogP contribution in [-0.4, -0.2) is 18.6 Å². The van der Waals surface area contributed by atoms with Crippen LogP contribution < -0.4 is 5.32 Å². The largest absolute Gasteiger partial charge is 0.309 e. The van der Waals surface area contributed by atoms with Crippen LogP contribution in [-0.2, 0) is 0 Å². The summed E-state index contributed by atoms with van der Waals surface area (Å²) in [7, 11) is 0. The summed E-state index contributed by atoms with van der Waals surface area (Å²) in [5.41, 5.74) is 1.42. The summed E-state index contributed by atoms with van der Waals surface area (Å²) in [5, 5.41) is 5.73. The Kier molecular flexibility index (Phi) is 5.60. The van der Waals surface area contributed by atoms with Crippen molar-refractivity contribution in [2.45, 2.75) is 26.3 Å². The van der Waals surface area contributed by atoms with E-state index in [0.29, 0.717) is 6.04 Å². The topological polar surface area (TPSA) is 12.0 Å². The first kappa shape index (κ1) is 12.1. The Labute approximate surface area is 95.3 Å². The van der Waals surface area contributed by atoms with Gasteiger partial charge in [-0.2, -0.15) is 11.8 Å². The lowest BCUT2D eigenvalue weighted by molar-refractivity contribution is 0.578. The van der Waals surface area contributed by atoms with Crippen molar-refractivity contribution in [2.24, 2.45) is 0 Å². The molecule has 1 heterocycles. The maximum Gasteiger partial charge on any atom is 0.0388 e. The molecule has 0 radical (unpaired) electrons. The van der Waals surface area contributed by atoms with Crippen molar-refractivity contribution >= 4 is 23.1 Å². The second-order valence-electron chi connectivity index (χ2n) is 3.49. The maximum atomic E-state index is 3.56. The van der Waals surface area contributed by atoms with Crippen LogP contribution in [0.5, 0.6) is 0 Å². The van der Waals surface area contributed by atoms with Crippen LogP contribution in [0.2, 0.25) is 0 Å². The molecular weight excluding hydrogens is 210 g/mol. The van der Waals surface area contributed by atoms with Gasteiger partial charge < -0.3 is 5.32 Å². The van der Waals surface area contributed by atoms with E-state index in [1.807, 2.05) is 23.1 Å². The summed E-state index contributed by atoms with van der Waals surface area (Å²) in [6, 6.07) is 2.71. The molecule has 0 saturated heterocycles. The minimum Gasteiger partial charge on any atom is -0.309 e. The normalized spacial score (nSPS) is 13.1. The lowest BCUT2D eigenvalue weighted by Gasteiger charge is -2.12. The molecule has 0 spiro atoms. The minimum absolute atomic E-state index is 0.511. The van der Waals surface area contributed by atoms with Gasteiger partial charge in [-0.3, -0.25) is 0 Å². The fraction of sp³-hybridized carbons (Fsp3) is 0.636. The SMILES string of the molecule is CSCCCNC(C)c1sccc1C. The van der Waals surface area contributed by atoms with Gasteiger partial charge in [0.15, 0.2) is 0 Å². The summed E-state index contributed by atoms with van der Waals surface area (Å²) in [5.74, 6) is 1.25. The van der Waals surface area contributed by atoms with Gasteiger partial charge in [0, 0.05) is 10.9 Å². The molecule has 1 N–H and O–H groups in total. The third kappa shape index (κ3) is 3.64. The van der Waals surface area contributed by atoms with Crippen LogP contribution in [0.1, 0.15) is 29.8 Å². The number of aryl methyl sites for hydroxylation is 1. The quantitative estimate of drug-likeness (QED) is 0.750. The van der Waals surface area contributed by atoms with Gasteiger partial charge in [-0.25, -0.2) is 0 Å². The molecule has 0 aliphatic carbocycles. The molecule has 0 aliphatic heterocycles. The van der Waals surface area contributed by atoms with E-state index >= 15 is 0 Å². The van der Waals surface area contributed by atoms with Crippen molar-refractivity contribution in [1.29, 1.82) is 0 Å². The summed E-state index contributed by atoms with van der Waals surface area (Å²) in [6.07, 6.45) is 3.42. The van der Waals surface area contributed by atoms with Crippen LogP contribution in [0, 0.1) is 6.92 Å². The van der Waals surface area contributed by atoms with Crippen molar-refractivity contribution in [3.8, 4) is 0 Å². The Morgan fingerprint density at radius 3 is 2.93 bits per heavy atom. The Hall–Kier alpha value is 0.0100. The van der Waals surface area contributed by atoms with Crippen LogP contribution in [0.15, 0.2) is 11.4 Å². The number of thioether (sulfide) groups is 1. The van der Waals surface area contributed by atoms with Crippen molar-refractivity contribution in [3.63, 3.8) is 0 Å². The first-order chi connectivity index (χ1) is 6.75. The van der Waals surface area contributed by atoms with Gasteiger partial charge in [0.1, 0.15) is 0 Å². The maximum absolute atomic E-state index is 3.56. The smallest absolute Gasteiger partial charge is 0.0388 e. The second kappa shape index (κ2) is 6.49. The first-order valence-electron chi connectivity index (χ1n) is 5.02. The molecule has 1 unspecified atom stereocenters. The molecule has 80 valence electrons. The van der Waals surface area contributed by atoms with E-state index in [-0.39, 0.29) is 0 Å². The molecule has 0 aliphatic rings. The summed E-state index contributed by atoms with van der Waals surface area (Å²) in [6.45, 7) is 5.56. The van der Waals surface area contributed by atoms with E-state index < -0.39 is 0 Å². The zero-order valence-corrected chi connectivity index (χ0v) is 10.8. The van der Waals surface area contributed by atoms with E-state index in [2.05, 4.69) is 36.9 Å². The molecule has 1 aromatic rings. The van der Waals surface area contributed by atoms with Gasteiger partial charge in [0.2, 0.25) is 0 Å². The van der Waals surface area contributed by atoms with Gasteiger partial charge in [-0.15, -0.1) is 11.3 Å². The van der Waals surface area contributed by atoms with Gasteiger partial charge in [0.05, 0.1) is 0 Å². The van der Waals surface area contributed by atoms with E-state index in [4.69, 9.17) is 0 Å². The van der Waals surface area contributed by atoms with Crippen LogP contribution in [0.4, 0.5) is 0 Å². The number of hydrogen-bond donors (Lipinski definition) is 1. The molecule has 0 saturated carbocycles. The van der Waals surface area contributed by atoms with Crippen LogP contribution in [0.3, 0.4) is 0 Å². The molecule has 1 atom stereocenters. The zero-order valence-electron chi connectivity index (χ0n) is 9.17. The average Bonchev–Trinajstić information content (AvgIpc) is 2.59. The fourth-order valence-electron chi connectivity index (χ4n) is 1.46. The highest BCUT2D eigenvalue weighted by molar-refractivity contribution is 7.98. The van der Waals surface area contributed by atoms with Crippen LogP contribution in [0.25, 0.3) is 0 Å². The highest BCUT2D eigenvalue weighted by atomic mass is 32.2. The van der Waals surface area contributed by atoms with E-state index in [1.54, 1.807) is 0 Å². The molecular formula is C11H19NS2. The highest BCUT2D eigenvalue weighted by Crippen LogP contribution is 2.23. The van der Waals surface area contributed by atoms with Crippen molar-refractivity contribution < 1.29 is 0 Å². The monoisotopic (exact) mass is 229 g/mol. The number of rotatable bonds is 6. The molecule has 0 aromatic carbocycles. The summed E-state index contributed by atoms with van der Waals surface area (Å²) in [4.78, 5) is 1.48. The third-order valence-corrected chi connectivity index (χ3v) is 4.17. The predicted molar refractivity (Wildman–Crippen MR) is 68.5 cm³/mol. The Bertz CT molecular complexity index is 258. The lowest BCUT2D eigenvalue weighted by Crippen LogP contribution is -2.19. The molecule has 0 fully saturated rings. The van der Waals surface area contributed by atoms with Crippen molar-refractivity contribution in [3.05, 3.63) is 21.9 Å². The standard InChI is InChI=1S/C11H19NS2/c1-9-5-8-14-11(9)10(2)12-6-4-7-13-3/h5,8,10,12H,4,6-7H2,1-3H3. The second-order valence-corrected chi connectivity index (χ2v) is 5.42. The molecule has 1 aromatic heterocycles. The van der Waals surface area contributed by atoms with Gasteiger partial charge in [-0.05, 0) is 55.8 Å². The Balaban J connectivity index is 2.28. The van der Waals surface area contributed by atoms with E-state index in [1.165, 1.54) is 22.6 Å². The Morgan fingerprint density at radius 1 is 1.57 bits per heavy atom. The lowest BCUT2D eigenvalue weighted by atomic mass is 10.2. The third-order valence-electron chi connectivity index (χ3n) is 2.27. The van der Waals surface area contributed by atoms with E-state index in [0.717, 1.165) is 6.54 Å². The summed E-state index contributed by atoms with van der Waals surface area (Å²) >= 11 is 3.77. The predicted octanol–water partition coefficient (Wildman–Crippen LogP) is 3.46. The Morgan fingerprint density at radius 2 is 2.36 bits per heavy atom. The van der Waals surface area contributed by atoms with Gasteiger partial charge in [-0.1, -0.05) is 0 Å². The van der Waals surface area contributed by atoms with E-state index in [9.17, 15) is 0 Å². The molecule has 1 nitrogen and oxygen atoms in total. The minimum atomic E-state index is 0.511. The molecule has 0 amide bonds. The van der Waals surface area contributed by atoms with Gasteiger partial charge in [0.25, 0.3) is 0 Å². The zero-order chi connectivity index (χ0) is 10.4. The van der Waals surface area contributed by atoms with Gasteiger partial charge >= 0.3 is 0 Å². The van der Waals surface area contributed by atoms with Crippen molar-refractivity contribution in [1.82, 2.24) is 5.32 Å². The molecule has 0 bridgehead atoms. The first-order valence-corrected chi connectivity index (χ1v) is 7.29. The number of hydrogen-bond acceptors (Lipinski definition) is 3. The number of nitrogens with one attached hydrogen (secondary N) is 1. The number of thiophene rings is 1. The van der Waals surface area contributed by atoms with Crippen LogP contribution >= 0.6 is 23.1 Å².